The highest BCUT2D eigenvalue weighted by molar-refractivity contribution is 6.30. The Morgan fingerprint density at radius 3 is 2.10 bits per heavy atom. The number of halogens is 1. The molecule has 0 aliphatic carbocycles. The molecule has 0 bridgehead atoms. The smallest absolute Gasteiger partial charge is 0.265 e. The lowest BCUT2D eigenvalue weighted by atomic mass is 10.0. The van der Waals surface area contributed by atoms with Gasteiger partial charge in [-0.1, -0.05) is 23.7 Å². The van der Waals surface area contributed by atoms with Crippen LogP contribution < -0.4 is 14.8 Å². The summed E-state index contributed by atoms with van der Waals surface area (Å²) in [7, 11) is 1.54. The first-order valence-electron chi connectivity index (χ1n) is 8.99. The maximum atomic E-state index is 12.5. The minimum atomic E-state index is -0.738. The van der Waals surface area contributed by atoms with Crippen molar-refractivity contribution in [1.82, 2.24) is 0 Å². The maximum absolute atomic E-state index is 12.5. The highest BCUT2D eigenvalue weighted by Crippen LogP contribution is 2.24. The Balaban J connectivity index is 1.63. The minimum Gasteiger partial charge on any atom is -0.495 e. The van der Waals surface area contributed by atoms with Gasteiger partial charge in [-0.2, -0.15) is 0 Å². The molecule has 0 saturated heterocycles. The van der Waals surface area contributed by atoms with Crippen molar-refractivity contribution in [3.05, 3.63) is 88.9 Å². The predicted octanol–water partition coefficient (Wildman–Crippen LogP) is 4.99. The molecule has 0 aliphatic rings. The third-order valence-electron chi connectivity index (χ3n) is 4.27. The molecule has 6 heteroatoms. The van der Waals surface area contributed by atoms with Crippen molar-refractivity contribution in [3.63, 3.8) is 0 Å². The highest BCUT2D eigenvalue weighted by atomic mass is 35.5. The number of ether oxygens (including phenoxy) is 2. The molecule has 0 fully saturated rings. The second kappa shape index (κ2) is 9.26. The van der Waals surface area contributed by atoms with Gasteiger partial charge in [-0.25, -0.2) is 0 Å². The van der Waals surface area contributed by atoms with Gasteiger partial charge in [0.25, 0.3) is 5.91 Å². The molecule has 0 radical (unpaired) electrons. The number of methoxy groups -OCH3 is 1. The van der Waals surface area contributed by atoms with E-state index in [-0.39, 0.29) is 11.7 Å². The molecule has 1 N–H and O–H groups in total. The third-order valence-corrected chi connectivity index (χ3v) is 4.52. The molecule has 29 heavy (non-hydrogen) atoms. The van der Waals surface area contributed by atoms with Crippen molar-refractivity contribution in [1.29, 1.82) is 0 Å². The Kier molecular flexibility index (Phi) is 6.52. The van der Waals surface area contributed by atoms with E-state index in [2.05, 4.69) is 5.32 Å². The van der Waals surface area contributed by atoms with Crippen LogP contribution in [0, 0.1) is 0 Å². The molecule has 1 atom stereocenters. The van der Waals surface area contributed by atoms with Gasteiger partial charge in [-0.15, -0.1) is 0 Å². The molecule has 0 aliphatic heterocycles. The van der Waals surface area contributed by atoms with Gasteiger partial charge in [0, 0.05) is 16.1 Å². The van der Waals surface area contributed by atoms with E-state index in [4.69, 9.17) is 21.1 Å². The first kappa shape index (κ1) is 20.4. The number of rotatable bonds is 7. The molecule has 3 aromatic rings. The van der Waals surface area contributed by atoms with Crippen LogP contribution in [0.1, 0.15) is 22.8 Å². The molecule has 0 saturated carbocycles. The van der Waals surface area contributed by atoms with E-state index < -0.39 is 6.10 Å². The Labute approximate surface area is 174 Å². The number of carbonyl (C=O) groups is 2. The van der Waals surface area contributed by atoms with Crippen LogP contribution in [0.25, 0.3) is 0 Å². The fraction of sp³-hybridized carbons (Fsp3) is 0.130. The summed E-state index contributed by atoms with van der Waals surface area (Å²) in [6.45, 7) is 1.65. The van der Waals surface area contributed by atoms with Crippen LogP contribution in [0.4, 0.5) is 5.69 Å². The van der Waals surface area contributed by atoms with Crippen LogP contribution in [0.15, 0.2) is 72.8 Å². The summed E-state index contributed by atoms with van der Waals surface area (Å²) in [4.78, 5) is 24.9. The zero-order valence-corrected chi connectivity index (χ0v) is 16.8. The van der Waals surface area contributed by atoms with E-state index in [0.717, 1.165) is 0 Å². The number of amides is 1. The minimum absolute atomic E-state index is 0.116. The van der Waals surface area contributed by atoms with Gasteiger partial charge in [0.15, 0.2) is 11.9 Å². The topological polar surface area (TPSA) is 64.6 Å². The normalized spacial score (nSPS) is 11.4. The zero-order valence-electron chi connectivity index (χ0n) is 16.0. The largest absolute Gasteiger partial charge is 0.495 e. The molecular weight excluding hydrogens is 390 g/mol. The SMILES string of the molecule is COc1ccccc1NC(=O)[C@H](C)Oc1ccc(C(=O)c2ccc(Cl)cc2)cc1. The van der Waals surface area contributed by atoms with Gasteiger partial charge in [-0.05, 0) is 67.6 Å². The number of benzene rings is 3. The summed E-state index contributed by atoms with van der Waals surface area (Å²) in [5.41, 5.74) is 1.64. The monoisotopic (exact) mass is 409 g/mol. The maximum Gasteiger partial charge on any atom is 0.265 e. The first-order valence-corrected chi connectivity index (χ1v) is 9.36. The third kappa shape index (κ3) is 5.15. The van der Waals surface area contributed by atoms with E-state index in [0.29, 0.717) is 33.3 Å². The van der Waals surface area contributed by atoms with E-state index in [1.807, 2.05) is 6.07 Å². The lowest BCUT2D eigenvalue weighted by Gasteiger charge is -2.16. The van der Waals surface area contributed by atoms with Crippen LogP contribution in [0.2, 0.25) is 5.02 Å². The average molecular weight is 410 g/mol. The van der Waals surface area contributed by atoms with Gasteiger partial charge in [0.1, 0.15) is 11.5 Å². The average Bonchev–Trinajstić information content (AvgIpc) is 2.74. The molecule has 3 rings (SSSR count). The molecule has 3 aromatic carbocycles. The summed E-state index contributed by atoms with van der Waals surface area (Å²) < 4.78 is 10.9. The number of hydrogen-bond donors (Lipinski definition) is 1. The summed E-state index contributed by atoms with van der Waals surface area (Å²) in [6.07, 6.45) is -0.738. The van der Waals surface area contributed by atoms with Gasteiger partial charge in [-0.3, -0.25) is 9.59 Å². The summed E-state index contributed by atoms with van der Waals surface area (Å²) >= 11 is 5.86. The van der Waals surface area contributed by atoms with Crippen molar-refractivity contribution in [2.45, 2.75) is 13.0 Å². The standard InChI is InChI=1S/C23H20ClNO4/c1-15(23(27)25-20-5-3-4-6-21(20)28-2)29-19-13-9-17(10-14-19)22(26)16-7-11-18(24)12-8-16/h3-15H,1-2H3,(H,25,27)/t15-/m0/s1. The predicted molar refractivity (Wildman–Crippen MR) is 113 cm³/mol. The van der Waals surface area contributed by atoms with Crippen molar-refractivity contribution < 1.29 is 19.1 Å². The number of anilines is 1. The number of nitrogens with one attached hydrogen (secondary N) is 1. The summed E-state index contributed by atoms with van der Waals surface area (Å²) in [6, 6.07) is 20.5. The Bertz CT molecular complexity index is 1000. The van der Waals surface area contributed by atoms with Gasteiger partial charge in [0.2, 0.25) is 0 Å². The number of carbonyl (C=O) groups excluding carboxylic acids is 2. The molecule has 0 spiro atoms. The number of ketones is 1. The highest BCUT2D eigenvalue weighted by Gasteiger charge is 2.17. The quantitative estimate of drug-likeness (QED) is 0.558. The Hall–Kier alpha value is -3.31. The molecular formula is C23H20ClNO4. The first-order chi connectivity index (χ1) is 14.0. The fourth-order valence-electron chi connectivity index (χ4n) is 2.69. The summed E-state index contributed by atoms with van der Waals surface area (Å²) in [5, 5.41) is 3.36. The second-order valence-electron chi connectivity index (χ2n) is 6.31. The molecule has 5 nitrogen and oxygen atoms in total. The van der Waals surface area contributed by atoms with Crippen LogP contribution >= 0.6 is 11.6 Å². The molecule has 0 unspecified atom stereocenters. The molecule has 0 aromatic heterocycles. The molecule has 1 amide bonds. The van der Waals surface area contributed by atoms with Gasteiger partial charge in [0.05, 0.1) is 12.8 Å². The Morgan fingerprint density at radius 1 is 0.897 bits per heavy atom. The van der Waals surface area contributed by atoms with E-state index >= 15 is 0 Å². The van der Waals surface area contributed by atoms with E-state index in [1.54, 1.807) is 73.7 Å². The van der Waals surface area contributed by atoms with Crippen LogP contribution in [-0.4, -0.2) is 24.9 Å². The fourth-order valence-corrected chi connectivity index (χ4v) is 2.82. The Morgan fingerprint density at radius 2 is 1.48 bits per heavy atom. The second-order valence-corrected chi connectivity index (χ2v) is 6.75. The van der Waals surface area contributed by atoms with Crippen molar-refractivity contribution in [3.8, 4) is 11.5 Å². The van der Waals surface area contributed by atoms with Crippen LogP contribution in [0.5, 0.6) is 11.5 Å². The zero-order chi connectivity index (χ0) is 20.8. The van der Waals surface area contributed by atoms with E-state index in [9.17, 15) is 9.59 Å². The van der Waals surface area contributed by atoms with Gasteiger partial charge >= 0.3 is 0 Å². The number of hydrogen-bond acceptors (Lipinski definition) is 4. The summed E-state index contributed by atoms with van der Waals surface area (Å²) in [5.74, 6) is 0.629. The lowest BCUT2D eigenvalue weighted by molar-refractivity contribution is -0.122. The van der Waals surface area contributed by atoms with Crippen molar-refractivity contribution in [2.24, 2.45) is 0 Å². The lowest BCUT2D eigenvalue weighted by Crippen LogP contribution is -2.30. The van der Waals surface area contributed by atoms with E-state index in [1.165, 1.54) is 7.11 Å². The van der Waals surface area contributed by atoms with Crippen molar-refractivity contribution in [2.75, 3.05) is 12.4 Å². The number of para-hydroxylation sites is 2. The van der Waals surface area contributed by atoms with Crippen LogP contribution in [0.3, 0.4) is 0 Å². The van der Waals surface area contributed by atoms with Gasteiger partial charge < -0.3 is 14.8 Å². The molecule has 148 valence electrons. The molecule has 0 heterocycles. The van der Waals surface area contributed by atoms with Crippen LogP contribution in [-0.2, 0) is 4.79 Å². The van der Waals surface area contributed by atoms with Crippen molar-refractivity contribution >= 4 is 29.0 Å².